The topological polar surface area (TPSA) is 59.3 Å². The number of fused-ring (bicyclic) bond motifs is 1. The van der Waals surface area contributed by atoms with Gasteiger partial charge in [0.25, 0.3) is 0 Å². The van der Waals surface area contributed by atoms with Crippen LogP contribution in [0.15, 0.2) is 34.7 Å². The molecule has 1 atom stereocenters. The van der Waals surface area contributed by atoms with Crippen molar-refractivity contribution in [2.24, 2.45) is 0 Å². The second kappa shape index (κ2) is 6.74. The van der Waals surface area contributed by atoms with E-state index in [2.05, 4.69) is 4.72 Å². The molecule has 1 heterocycles. The van der Waals surface area contributed by atoms with Crippen molar-refractivity contribution in [1.29, 1.82) is 0 Å². The Kier molecular flexibility index (Phi) is 4.92. The first kappa shape index (κ1) is 19.0. The van der Waals surface area contributed by atoms with E-state index >= 15 is 0 Å². The van der Waals surface area contributed by atoms with Gasteiger partial charge in [-0.2, -0.15) is 13.2 Å². The number of alkyl halides is 3. The molecule has 1 N–H and O–H groups in total. The van der Waals surface area contributed by atoms with Gasteiger partial charge in [0.2, 0.25) is 15.8 Å². The molecule has 3 rings (SSSR count). The van der Waals surface area contributed by atoms with Crippen molar-refractivity contribution < 1.29 is 26.0 Å². The molecule has 0 radical (unpaired) electrons. The van der Waals surface area contributed by atoms with Crippen molar-refractivity contribution >= 4 is 10.0 Å². The fourth-order valence-corrected chi connectivity index (χ4v) is 3.96. The quantitative estimate of drug-likeness (QED) is 0.851. The molecule has 0 unspecified atom stereocenters. The molecule has 1 aliphatic rings. The van der Waals surface area contributed by atoms with Crippen LogP contribution in [-0.4, -0.2) is 19.7 Å². The highest BCUT2D eigenvalue weighted by molar-refractivity contribution is 7.90. The van der Waals surface area contributed by atoms with Crippen LogP contribution in [0.5, 0.6) is 0 Å². The van der Waals surface area contributed by atoms with Gasteiger partial charge in [-0.25, -0.2) is 13.1 Å². The van der Waals surface area contributed by atoms with Crippen LogP contribution in [-0.2, 0) is 35.5 Å². The summed E-state index contributed by atoms with van der Waals surface area (Å²) in [5.41, 5.74) is 2.90. The third kappa shape index (κ3) is 4.12. The first-order valence-electron chi connectivity index (χ1n) is 8.32. The Bertz CT molecular complexity index is 901. The Labute approximate surface area is 150 Å². The molecule has 0 amide bonds. The minimum Gasteiger partial charge on any atom is -0.456 e. The molecule has 1 aliphatic carbocycles. The summed E-state index contributed by atoms with van der Waals surface area (Å²) in [6.45, 7) is 3.25. The number of furan rings is 1. The van der Waals surface area contributed by atoms with Gasteiger partial charge in [0, 0.05) is 12.5 Å². The van der Waals surface area contributed by atoms with Gasteiger partial charge in [0.1, 0.15) is 5.76 Å². The van der Waals surface area contributed by atoms with E-state index in [1.807, 2.05) is 18.2 Å². The number of nitrogens with one attached hydrogen (secondary N) is 1. The zero-order valence-corrected chi connectivity index (χ0v) is 15.2. The highest BCUT2D eigenvalue weighted by Gasteiger charge is 2.34. The second-order valence-electron chi connectivity index (χ2n) is 6.86. The van der Waals surface area contributed by atoms with Gasteiger partial charge in [-0.15, -0.1) is 0 Å². The van der Waals surface area contributed by atoms with Crippen molar-refractivity contribution in [2.45, 2.75) is 50.6 Å². The summed E-state index contributed by atoms with van der Waals surface area (Å²) in [6, 6.07) is 7.73. The van der Waals surface area contributed by atoms with Gasteiger partial charge >= 0.3 is 6.18 Å². The van der Waals surface area contributed by atoms with Crippen LogP contribution in [0.25, 0.3) is 0 Å². The molecule has 2 aromatic rings. The highest BCUT2D eigenvalue weighted by atomic mass is 32.2. The first-order valence-corrected chi connectivity index (χ1v) is 9.87. The normalized spacial score (nSPS) is 17.7. The van der Waals surface area contributed by atoms with Crippen LogP contribution in [0.1, 0.15) is 42.1 Å². The van der Waals surface area contributed by atoms with E-state index in [4.69, 9.17) is 4.42 Å². The molecule has 0 saturated heterocycles. The largest absolute Gasteiger partial charge is 0.456 e. The molecule has 26 heavy (non-hydrogen) atoms. The van der Waals surface area contributed by atoms with E-state index in [0.717, 1.165) is 22.8 Å². The summed E-state index contributed by atoms with van der Waals surface area (Å²) >= 11 is 0. The first-order chi connectivity index (χ1) is 12.0. The Morgan fingerprint density at radius 2 is 1.85 bits per heavy atom. The van der Waals surface area contributed by atoms with Crippen molar-refractivity contribution in [1.82, 2.24) is 4.72 Å². The van der Waals surface area contributed by atoms with Gasteiger partial charge in [-0.3, -0.25) is 0 Å². The summed E-state index contributed by atoms with van der Waals surface area (Å²) < 4.78 is 69.4. The standard InChI is InChI=1S/C18H20F3NO3S/c1-11(2)26(23,24)22-15-9-13-4-3-12(7-14(13)10-15)8-16-5-6-17(25-16)18(19,20)21/h3-7,11,15,22H,8-10H2,1-2H3/t15-/m0/s1. The van der Waals surface area contributed by atoms with Gasteiger partial charge < -0.3 is 4.42 Å². The summed E-state index contributed by atoms with van der Waals surface area (Å²) in [7, 11) is -3.34. The summed E-state index contributed by atoms with van der Waals surface area (Å²) in [6.07, 6.45) is -3.05. The van der Waals surface area contributed by atoms with Gasteiger partial charge in [0.15, 0.2) is 0 Å². The van der Waals surface area contributed by atoms with Gasteiger partial charge in [-0.05, 0) is 55.5 Å². The third-order valence-electron chi connectivity index (χ3n) is 4.47. The predicted octanol–water partition coefficient (Wildman–Crippen LogP) is 3.68. The van der Waals surface area contributed by atoms with Crippen LogP contribution in [0.3, 0.4) is 0 Å². The Morgan fingerprint density at radius 1 is 1.15 bits per heavy atom. The van der Waals surface area contributed by atoms with E-state index in [0.29, 0.717) is 12.8 Å². The van der Waals surface area contributed by atoms with Crippen LogP contribution < -0.4 is 4.72 Å². The summed E-state index contributed by atoms with van der Waals surface area (Å²) in [5, 5.41) is -0.497. The van der Waals surface area contributed by atoms with Crippen molar-refractivity contribution in [3.8, 4) is 0 Å². The minimum absolute atomic E-state index is 0.187. The number of halogens is 3. The minimum atomic E-state index is -4.49. The van der Waals surface area contributed by atoms with Crippen molar-refractivity contribution in [3.63, 3.8) is 0 Å². The molecular formula is C18H20F3NO3S. The number of benzene rings is 1. The number of sulfonamides is 1. The number of hydrogen-bond donors (Lipinski definition) is 1. The molecule has 1 aromatic carbocycles. The molecule has 0 fully saturated rings. The van der Waals surface area contributed by atoms with E-state index < -0.39 is 27.2 Å². The average Bonchev–Trinajstić information content (AvgIpc) is 3.12. The average molecular weight is 387 g/mol. The number of rotatable bonds is 5. The monoisotopic (exact) mass is 387 g/mol. The smallest absolute Gasteiger partial charge is 0.449 e. The Hall–Kier alpha value is -1.80. The van der Waals surface area contributed by atoms with Crippen LogP contribution in [0, 0.1) is 0 Å². The third-order valence-corrected chi connectivity index (χ3v) is 6.38. The second-order valence-corrected chi connectivity index (χ2v) is 9.13. The SMILES string of the molecule is CC(C)S(=O)(=O)N[C@H]1Cc2ccc(Cc3ccc(C(F)(F)F)o3)cc2C1. The maximum Gasteiger partial charge on any atom is 0.449 e. The Morgan fingerprint density at radius 3 is 2.46 bits per heavy atom. The van der Waals surface area contributed by atoms with Crippen LogP contribution in [0.2, 0.25) is 0 Å². The summed E-state index contributed by atoms with van der Waals surface area (Å²) in [4.78, 5) is 0. The molecule has 0 saturated carbocycles. The zero-order chi connectivity index (χ0) is 19.1. The maximum absolute atomic E-state index is 12.6. The molecule has 0 bridgehead atoms. The predicted molar refractivity (Wildman–Crippen MR) is 91.3 cm³/mol. The highest BCUT2D eigenvalue weighted by Crippen LogP contribution is 2.31. The van der Waals surface area contributed by atoms with Crippen LogP contribution >= 0.6 is 0 Å². The lowest BCUT2D eigenvalue weighted by atomic mass is 10.0. The van der Waals surface area contributed by atoms with E-state index in [-0.39, 0.29) is 18.2 Å². The van der Waals surface area contributed by atoms with E-state index in [9.17, 15) is 21.6 Å². The molecular weight excluding hydrogens is 367 g/mol. The molecule has 0 spiro atoms. The molecule has 0 aliphatic heterocycles. The number of hydrogen-bond acceptors (Lipinski definition) is 3. The lowest BCUT2D eigenvalue weighted by Crippen LogP contribution is -2.39. The van der Waals surface area contributed by atoms with Gasteiger partial charge in [-0.1, -0.05) is 18.2 Å². The van der Waals surface area contributed by atoms with Crippen molar-refractivity contribution in [2.75, 3.05) is 0 Å². The molecule has 142 valence electrons. The van der Waals surface area contributed by atoms with E-state index in [1.54, 1.807) is 13.8 Å². The Balaban J connectivity index is 1.70. The lowest BCUT2D eigenvalue weighted by molar-refractivity contribution is -0.153. The molecule has 8 heteroatoms. The summed E-state index contributed by atoms with van der Waals surface area (Å²) in [5.74, 6) is -0.760. The van der Waals surface area contributed by atoms with Gasteiger partial charge in [0.05, 0.1) is 5.25 Å². The van der Waals surface area contributed by atoms with Crippen molar-refractivity contribution in [3.05, 3.63) is 58.5 Å². The molecule has 4 nitrogen and oxygen atoms in total. The fourth-order valence-electron chi connectivity index (χ4n) is 3.06. The zero-order valence-electron chi connectivity index (χ0n) is 14.4. The van der Waals surface area contributed by atoms with Crippen LogP contribution in [0.4, 0.5) is 13.2 Å². The molecule has 1 aromatic heterocycles. The van der Waals surface area contributed by atoms with E-state index in [1.165, 1.54) is 6.07 Å². The maximum atomic E-state index is 12.6. The lowest BCUT2D eigenvalue weighted by Gasteiger charge is -2.14. The fraction of sp³-hybridized carbons (Fsp3) is 0.444.